The molecule has 24 heavy (non-hydrogen) atoms. The van der Waals surface area contributed by atoms with E-state index in [-0.39, 0.29) is 10.9 Å². The van der Waals surface area contributed by atoms with Crippen molar-refractivity contribution in [2.24, 2.45) is 0 Å². The quantitative estimate of drug-likeness (QED) is 0.662. The monoisotopic (exact) mass is 409 g/mol. The molecule has 0 unspecified atom stereocenters. The first-order valence-corrected chi connectivity index (χ1v) is 9.08. The molecule has 6 nitrogen and oxygen atoms in total. The summed E-state index contributed by atoms with van der Waals surface area (Å²) < 4.78 is 37.9. The Morgan fingerprint density at radius 3 is 2.50 bits per heavy atom. The zero-order chi connectivity index (χ0) is 17.3. The summed E-state index contributed by atoms with van der Waals surface area (Å²) in [5.41, 5.74) is 0.407. The van der Waals surface area contributed by atoms with Gasteiger partial charge in [-0.1, -0.05) is 40.2 Å². The Labute approximate surface area is 146 Å². The number of hydrogen-bond acceptors (Lipinski definition) is 5. The molecule has 1 heterocycles. The smallest absolute Gasteiger partial charge is 0.374 e. The molecule has 1 aromatic heterocycles. The van der Waals surface area contributed by atoms with E-state index in [9.17, 15) is 13.2 Å². The number of rotatable bonds is 4. The minimum absolute atomic E-state index is 0.182. The molecule has 0 atom stereocenters. The molecule has 2 aromatic carbocycles. The van der Waals surface area contributed by atoms with Crippen molar-refractivity contribution in [1.29, 1.82) is 0 Å². The van der Waals surface area contributed by atoms with Crippen molar-refractivity contribution in [1.82, 2.24) is 0 Å². The van der Waals surface area contributed by atoms with E-state index >= 15 is 0 Å². The normalized spacial score (nSPS) is 11.4. The molecule has 3 aromatic rings. The van der Waals surface area contributed by atoms with Crippen molar-refractivity contribution in [3.63, 3.8) is 0 Å². The molecular weight excluding hydrogens is 398 g/mol. The highest BCUT2D eigenvalue weighted by Crippen LogP contribution is 2.31. The van der Waals surface area contributed by atoms with Gasteiger partial charge in [-0.25, -0.2) is 4.79 Å². The minimum atomic E-state index is -3.98. The maximum absolute atomic E-state index is 12.5. The van der Waals surface area contributed by atoms with Crippen LogP contribution in [0.4, 0.5) is 5.69 Å². The molecule has 0 aliphatic heterocycles. The lowest BCUT2D eigenvalue weighted by Gasteiger charge is -2.10. The Kier molecular flexibility index (Phi) is 4.33. The van der Waals surface area contributed by atoms with Crippen molar-refractivity contribution in [3.8, 4) is 0 Å². The van der Waals surface area contributed by atoms with E-state index in [0.29, 0.717) is 5.69 Å². The SMILES string of the molecule is COC(=O)c1ccc(S(=O)(=O)Nc2ccc(Br)c3ccccc23)o1. The number of fused-ring (bicyclic) bond motifs is 1. The summed E-state index contributed by atoms with van der Waals surface area (Å²) in [5, 5.41) is 1.23. The fourth-order valence-electron chi connectivity index (χ4n) is 2.22. The lowest BCUT2D eigenvalue weighted by atomic mass is 10.1. The fourth-order valence-corrected chi connectivity index (χ4v) is 3.71. The van der Waals surface area contributed by atoms with Gasteiger partial charge < -0.3 is 9.15 Å². The lowest BCUT2D eigenvalue weighted by molar-refractivity contribution is 0.0559. The first-order valence-electron chi connectivity index (χ1n) is 6.80. The zero-order valence-electron chi connectivity index (χ0n) is 12.4. The molecule has 0 spiro atoms. The summed E-state index contributed by atoms with van der Waals surface area (Å²) in [6.45, 7) is 0. The molecule has 0 aliphatic carbocycles. The molecule has 1 N–H and O–H groups in total. The highest BCUT2D eigenvalue weighted by Gasteiger charge is 2.22. The van der Waals surface area contributed by atoms with Gasteiger partial charge >= 0.3 is 5.97 Å². The van der Waals surface area contributed by atoms with Crippen LogP contribution in [0.1, 0.15) is 10.6 Å². The Bertz CT molecular complexity index is 1030. The summed E-state index contributed by atoms with van der Waals surface area (Å²) in [6.07, 6.45) is 0. The molecule has 0 bridgehead atoms. The standard InChI is InChI=1S/C16H12BrNO5S/c1-22-16(19)14-8-9-15(23-14)24(20,21)18-13-7-6-12(17)10-4-2-3-5-11(10)13/h2-9,18H,1H3. The second-order valence-electron chi connectivity index (χ2n) is 4.86. The van der Waals surface area contributed by atoms with Gasteiger partial charge in [-0.3, -0.25) is 4.72 Å². The maximum atomic E-state index is 12.5. The summed E-state index contributed by atoms with van der Waals surface area (Å²) in [7, 11) is -2.79. The first-order chi connectivity index (χ1) is 11.4. The number of methoxy groups -OCH3 is 1. The molecule has 0 radical (unpaired) electrons. The van der Waals surface area contributed by atoms with Crippen LogP contribution in [0.2, 0.25) is 0 Å². The summed E-state index contributed by atoms with van der Waals surface area (Å²) >= 11 is 3.44. The second-order valence-corrected chi connectivity index (χ2v) is 7.32. The van der Waals surface area contributed by atoms with Gasteiger partial charge in [-0.15, -0.1) is 0 Å². The third kappa shape index (κ3) is 3.02. The van der Waals surface area contributed by atoms with Crippen LogP contribution in [0.3, 0.4) is 0 Å². The number of furan rings is 1. The number of carbonyl (C=O) groups is 1. The van der Waals surface area contributed by atoms with Crippen LogP contribution >= 0.6 is 15.9 Å². The Morgan fingerprint density at radius 1 is 1.08 bits per heavy atom. The topological polar surface area (TPSA) is 85.6 Å². The van der Waals surface area contributed by atoms with Gasteiger partial charge in [0.2, 0.25) is 10.9 Å². The molecular formula is C16H12BrNO5S. The molecule has 8 heteroatoms. The van der Waals surface area contributed by atoms with Gasteiger partial charge in [0.05, 0.1) is 12.8 Å². The van der Waals surface area contributed by atoms with Crippen molar-refractivity contribution in [2.45, 2.75) is 5.09 Å². The van der Waals surface area contributed by atoms with E-state index in [1.54, 1.807) is 18.2 Å². The van der Waals surface area contributed by atoms with E-state index in [2.05, 4.69) is 25.4 Å². The number of nitrogens with one attached hydrogen (secondary N) is 1. The minimum Gasteiger partial charge on any atom is -0.463 e. The molecule has 0 fully saturated rings. The van der Waals surface area contributed by atoms with Gasteiger partial charge in [-0.05, 0) is 29.7 Å². The maximum Gasteiger partial charge on any atom is 0.374 e. The van der Waals surface area contributed by atoms with Gasteiger partial charge in [0, 0.05) is 9.86 Å². The number of benzene rings is 2. The Morgan fingerprint density at radius 2 is 1.79 bits per heavy atom. The van der Waals surface area contributed by atoms with Crippen molar-refractivity contribution < 1.29 is 22.4 Å². The van der Waals surface area contributed by atoms with E-state index < -0.39 is 16.0 Å². The molecule has 3 rings (SSSR count). The van der Waals surface area contributed by atoms with Crippen molar-refractivity contribution in [3.05, 3.63) is 58.8 Å². The zero-order valence-corrected chi connectivity index (χ0v) is 14.8. The molecule has 0 saturated heterocycles. The summed E-state index contributed by atoms with van der Waals surface area (Å²) in [6, 6.07) is 13.2. The number of ether oxygens (including phenoxy) is 1. The number of halogens is 1. The third-order valence-corrected chi connectivity index (χ3v) is 5.28. The highest BCUT2D eigenvalue weighted by molar-refractivity contribution is 9.10. The first kappa shape index (κ1) is 16.5. The van der Waals surface area contributed by atoms with Gasteiger partial charge in [0.15, 0.2) is 0 Å². The number of sulfonamides is 1. The van der Waals surface area contributed by atoms with Crippen LogP contribution in [-0.2, 0) is 14.8 Å². The van der Waals surface area contributed by atoms with E-state index in [1.165, 1.54) is 19.2 Å². The van der Waals surface area contributed by atoms with Crippen LogP contribution in [0, 0.1) is 0 Å². The van der Waals surface area contributed by atoms with Crippen molar-refractivity contribution >= 4 is 48.4 Å². The number of anilines is 1. The molecule has 0 aliphatic rings. The largest absolute Gasteiger partial charge is 0.463 e. The van der Waals surface area contributed by atoms with Crippen LogP contribution in [0.25, 0.3) is 10.8 Å². The fraction of sp³-hybridized carbons (Fsp3) is 0.0625. The Balaban J connectivity index is 2.00. The van der Waals surface area contributed by atoms with Crippen molar-refractivity contribution in [2.75, 3.05) is 11.8 Å². The van der Waals surface area contributed by atoms with Gasteiger partial charge in [0.1, 0.15) is 0 Å². The van der Waals surface area contributed by atoms with E-state index in [0.717, 1.165) is 15.2 Å². The number of hydrogen-bond donors (Lipinski definition) is 1. The predicted molar refractivity (Wildman–Crippen MR) is 92.5 cm³/mol. The lowest BCUT2D eigenvalue weighted by Crippen LogP contribution is -2.12. The Hall–Kier alpha value is -2.32. The number of carbonyl (C=O) groups excluding carboxylic acids is 1. The molecule has 0 saturated carbocycles. The predicted octanol–water partition coefficient (Wildman–Crippen LogP) is 3.78. The van der Waals surface area contributed by atoms with E-state index in [1.807, 2.05) is 18.2 Å². The van der Waals surface area contributed by atoms with Gasteiger partial charge in [-0.2, -0.15) is 8.42 Å². The van der Waals surface area contributed by atoms with Gasteiger partial charge in [0.25, 0.3) is 10.0 Å². The van der Waals surface area contributed by atoms with Crippen LogP contribution < -0.4 is 4.72 Å². The van der Waals surface area contributed by atoms with Crippen LogP contribution in [-0.4, -0.2) is 21.5 Å². The number of esters is 1. The average Bonchev–Trinajstić information content (AvgIpc) is 3.08. The van der Waals surface area contributed by atoms with E-state index in [4.69, 9.17) is 4.42 Å². The average molecular weight is 410 g/mol. The molecule has 0 amide bonds. The highest BCUT2D eigenvalue weighted by atomic mass is 79.9. The summed E-state index contributed by atoms with van der Waals surface area (Å²) in [5.74, 6) is -0.927. The van der Waals surface area contributed by atoms with Crippen LogP contribution in [0.5, 0.6) is 0 Å². The summed E-state index contributed by atoms with van der Waals surface area (Å²) in [4.78, 5) is 11.4. The molecule has 124 valence electrons. The second kappa shape index (κ2) is 6.29. The van der Waals surface area contributed by atoms with Crippen LogP contribution in [0.15, 0.2) is 62.5 Å². The third-order valence-electron chi connectivity index (χ3n) is 3.35.